The lowest BCUT2D eigenvalue weighted by Crippen LogP contribution is -2.22. The third kappa shape index (κ3) is 3.54. The van der Waals surface area contributed by atoms with Gasteiger partial charge in [0.25, 0.3) is 5.56 Å². The van der Waals surface area contributed by atoms with E-state index < -0.39 is 0 Å². The van der Waals surface area contributed by atoms with Gasteiger partial charge in [0, 0.05) is 17.1 Å². The maximum Gasteiger partial charge on any atom is 0.267 e. The van der Waals surface area contributed by atoms with Crippen LogP contribution >= 0.6 is 23.1 Å². The second-order valence-electron chi connectivity index (χ2n) is 6.73. The van der Waals surface area contributed by atoms with Crippen molar-refractivity contribution in [2.45, 2.75) is 43.7 Å². The van der Waals surface area contributed by atoms with Crippen molar-refractivity contribution in [2.24, 2.45) is 0 Å². The Morgan fingerprint density at radius 1 is 1.29 bits per heavy atom. The number of hydrogen-bond acceptors (Lipinski definition) is 6. The third-order valence-corrected chi connectivity index (χ3v) is 7.16. The van der Waals surface area contributed by atoms with Crippen molar-refractivity contribution in [3.05, 3.63) is 45.1 Å². The number of methoxy groups -OCH3 is 1. The van der Waals surface area contributed by atoms with E-state index in [4.69, 9.17) is 15.0 Å². The molecule has 1 aliphatic rings. The van der Waals surface area contributed by atoms with Gasteiger partial charge in [-0.15, -0.1) is 11.3 Å². The van der Waals surface area contributed by atoms with Crippen LogP contribution in [0.25, 0.3) is 15.9 Å². The minimum Gasteiger partial charge on any atom is -0.497 e. The van der Waals surface area contributed by atoms with Crippen LogP contribution in [0, 0.1) is 11.3 Å². The van der Waals surface area contributed by atoms with Gasteiger partial charge in [-0.3, -0.25) is 9.36 Å². The Balaban J connectivity index is 1.86. The fraction of sp³-hybridized carbons (Fsp3) is 0.381. The molecule has 0 radical (unpaired) electrons. The lowest BCUT2D eigenvalue weighted by Gasteiger charge is -2.14. The first-order valence-corrected chi connectivity index (χ1v) is 11.2. The van der Waals surface area contributed by atoms with Gasteiger partial charge in [-0.2, -0.15) is 5.26 Å². The molecule has 28 heavy (non-hydrogen) atoms. The highest BCUT2D eigenvalue weighted by Crippen LogP contribution is 2.35. The zero-order valence-corrected chi connectivity index (χ0v) is 17.4. The molecule has 7 heteroatoms. The van der Waals surface area contributed by atoms with E-state index in [-0.39, 0.29) is 5.56 Å². The van der Waals surface area contributed by atoms with Crippen LogP contribution in [-0.4, -0.2) is 22.4 Å². The number of aryl methyl sites for hydroxylation is 2. The molecule has 3 aromatic rings. The molecule has 5 nitrogen and oxygen atoms in total. The van der Waals surface area contributed by atoms with Gasteiger partial charge in [-0.1, -0.05) is 11.8 Å². The summed E-state index contributed by atoms with van der Waals surface area (Å²) in [6.07, 6.45) is 5.61. The second kappa shape index (κ2) is 8.38. The number of aromatic nitrogens is 2. The van der Waals surface area contributed by atoms with E-state index in [0.29, 0.717) is 11.6 Å². The van der Waals surface area contributed by atoms with E-state index in [1.165, 1.54) is 16.9 Å². The van der Waals surface area contributed by atoms with E-state index in [9.17, 15) is 4.79 Å². The summed E-state index contributed by atoms with van der Waals surface area (Å²) in [6, 6.07) is 9.68. The zero-order chi connectivity index (χ0) is 19.5. The highest BCUT2D eigenvalue weighted by Gasteiger charge is 2.22. The first kappa shape index (κ1) is 19.0. The molecule has 0 atom stereocenters. The predicted octanol–water partition coefficient (Wildman–Crippen LogP) is 4.73. The van der Waals surface area contributed by atoms with Crippen LogP contribution in [0.1, 0.15) is 36.1 Å². The first-order valence-electron chi connectivity index (χ1n) is 9.44. The van der Waals surface area contributed by atoms with Gasteiger partial charge in [-0.05, 0) is 61.9 Å². The molecule has 0 N–H and O–H groups in total. The maximum atomic E-state index is 13.6. The highest BCUT2D eigenvalue weighted by atomic mass is 32.2. The summed E-state index contributed by atoms with van der Waals surface area (Å²) in [5, 5.41) is 10.3. The number of ether oxygens (including phenoxy) is 1. The lowest BCUT2D eigenvalue weighted by atomic mass is 9.97. The Labute approximate surface area is 172 Å². The van der Waals surface area contributed by atoms with Crippen LogP contribution in [0.5, 0.6) is 5.75 Å². The van der Waals surface area contributed by atoms with E-state index in [1.807, 2.05) is 24.3 Å². The van der Waals surface area contributed by atoms with Gasteiger partial charge >= 0.3 is 0 Å². The number of rotatable bonds is 6. The minimum absolute atomic E-state index is 0.0114. The minimum atomic E-state index is 0.0114. The van der Waals surface area contributed by atoms with E-state index in [2.05, 4.69) is 6.07 Å². The molecule has 0 bridgehead atoms. The molecule has 144 valence electrons. The Bertz CT molecular complexity index is 1090. The molecule has 0 saturated heterocycles. The maximum absolute atomic E-state index is 13.6. The van der Waals surface area contributed by atoms with Crippen molar-refractivity contribution in [2.75, 3.05) is 12.9 Å². The molecule has 2 aromatic heterocycles. The van der Waals surface area contributed by atoms with Crippen LogP contribution in [0.4, 0.5) is 0 Å². The summed E-state index contributed by atoms with van der Waals surface area (Å²) in [6.45, 7) is 0. The van der Waals surface area contributed by atoms with Gasteiger partial charge in [0.05, 0.1) is 24.3 Å². The van der Waals surface area contributed by atoms with Crippen LogP contribution in [0.3, 0.4) is 0 Å². The third-order valence-electron chi connectivity index (χ3n) is 4.95. The molecule has 0 fully saturated rings. The summed E-state index contributed by atoms with van der Waals surface area (Å²) in [4.78, 5) is 20.6. The predicted molar refractivity (Wildman–Crippen MR) is 114 cm³/mol. The number of fused-ring (bicyclic) bond motifs is 3. The van der Waals surface area contributed by atoms with Gasteiger partial charge < -0.3 is 4.74 Å². The monoisotopic (exact) mass is 411 g/mol. The molecule has 0 unspecified atom stereocenters. The highest BCUT2D eigenvalue weighted by molar-refractivity contribution is 7.99. The average molecular weight is 412 g/mol. The van der Waals surface area contributed by atoms with Crippen molar-refractivity contribution < 1.29 is 4.74 Å². The van der Waals surface area contributed by atoms with E-state index in [0.717, 1.165) is 53.1 Å². The fourth-order valence-corrected chi connectivity index (χ4v) is 5.81. The zero-order valence-electron chi connectivity index (χ0n) is 15.7. The van der Waals surface area contributed by atoms with Gasteiger partial charge in [-0.25, -0.2) is 4.98 Å². The largest absolute Gasteiger partial charge is 0.497 e. The normalized spacial score (nSPS) is 13.3. The van der Waals surface area contributed by atoms with Gasteiger partial charge in [0.2, 0.25) is 0 Å². The standard InChI is InChI=1S/C21H21N3O2S2/c1-26-15-10-8-14(9-11-15)24-20(25)18-16-6-2-3-7-17(16)28-19(18)23-21(24)27-13-5-4-12-22/h8-11H,2-7,13H2,1H3. The van der Waals surface area contributed by atoms with E-state index in [1.54, 1.807) is 34.8 Å². The van der Waals surface area contributed by atoms with E-state index >= 15 is 0 Å². The number of thiophene rings is 1. The number of hydrogen-bond donors (Lipinski definition) is 0. The topological polar surface area (TPSA) is 67.9 Å². The quantitative estimate of drug-likeness (QED) is 0.333. The molecule has 0 aliphatic heterocycles. The molecular weight excluding hydrogens is 390 g/mol. The number of benzene rings is 1. The van der Waals surface area contributed by atoms with Gasteiger partial charge in [0.15, 0.2) is 5.16 Å². The number of nitriles is 1. The number of unbranched alkanes of at least 4 members (excludes halogenated alkanes) is 1. The number of thioether (sulfide) groups is 1. The van der Waals surface area contributed by atoms with Crippen molar-refractivity contribution in [1.82, 2.24) is 9.55 Å². The summed E-state index contributed by atoms with van der Waals surface area (Å²) >= 11 is 3.21. The summed E-state index contributed by atoms with van der Waals surface area (Å²) in [7, 11) is 1.63. The van der Waals surface area contributed by atoms with Crippen molar-refractivity contribution in [3.8, 4) is 17.5 Å². The smallest absolute Gasteiger partial charge is 0.267 e. The van der Waals surface area contributed by atoms with Crippen LogP contribution < -0.4 is 10.3 Å². The molecule has 0 spiro atoms. The number of nitrogens with zero attached hydrogens (tertiary/aromatic N) is 3. The molecular formula is C21H21N3O2S2. The van der Waals surface area contributed by atoms with Gasteiger partial charge in [0.1, 0.15) is 10.6 Å². The van der Waals surface area contributed by atoms with Crippen molar-refractivity contribution >= 4 is 33.3 Å². The molecule has 1 aromatic carbocycles. The molecule has 2 heterocycles. The van der Waals surface area contributed by atoms with Crippen LogP contribution in [0.15, 0.2) is 34.2 Å². The Hall–Kier alpha value is -2.30. The SMILES string of the molecule is COc1ccc(-n2c(SCCCC#N)nc3sc4c(c3c2=O)CCCC4)cc1. The summed E-state index contributed by atoms with van der Waals surface area (Å²) in [5.74, 6) is 1.51. The van der Waals surface area contributed by atoms with Crippen LogP contribution in [-0.2, 0) is 12.8 Å². The Kier molecular flexibility index (Phi) is 5.69. The Morgan fingerprint density at radius 2 is 2.07 bits per heavy atom. The molecule has 4 rings (SSSR count). The second-order valence-corrected chi connectivity index (χ2v) is 8.88. The van der Waals surface area contributed by atoms with Crippen molar-refractivity contribution in [3.63, 3.8) is 0 Å². The lowest BCUT2D eigenvalue weighted by molar-refractivity contribution is 0.414. The molecule has 1 aliphatic carbocycles. The molecule has 0 saturated carbocycles. The summed E-state index contributed by atoms with van der Waals surface area (Å²) in [5.41, 5.74) is 2.00. The van der Waals surface area contributed by atoms with Crippen LogP contribution in [0.2, 0.25) is 0 Å². The summed E-state index contributed by atoms with van der Waals surface area (Å²) < 4.78 is 6.98. The Morgan fingerprint density at radius 3 is 2.82 bits per heavy atom. The fourth-order valence-electron chi connectivity index (χ4n) is 3.56. The molecule has 0 amide bonds. The van der Waals surface area contributed by atoms with Crippen molar-refractivity contribution in [1.29, 1.82) is 5.26 Å². The first-order chi connectivity index (χ1) is 13.7. The average Bonchev–Trinajstić information content (AvgIpc) is 3.10.